The summed E-state index contributed by atoms with van der Waals surface area (Å²) in [5, 5.41) is 2.85. The number of benzene rings is 1. The van der Waals surface area contributed by atoms with Crippen molar-refractivity contribution < 1.29 is 4.79 Å². The fraction of sp³-hybridized carbons (Fsp3) is 0.533. The quantitative estimate of drug-likeness (QED) is 0.615. The molecule has 0 saturated carbocycles. The van der Waals surface area contributed by atoms with Crippen molar-refractivity contribution in [2.45, 2.75) is 46.3 Å². The first-order valence-electron chi connectivity index (χ1n) is 6.91. The monoisotopic (exact) mass is 280 g/mol. The lowest BCUT2D eigenvalue weighted by Crippen LogP contribution is -2.30. The summed E-state index contributed by atoms with van der Waals surface area (Å²) >= 11 is 0. The highest BCUT2D eigenvalue weighted by Crippen LogP contribution is 2.04. The van der Waals surface area contributed by atoms with E-state index in [-0.39, 0.29) is 11.9 Å². The number of carbonyl (C=O) groups is 1. The molecule has 0 bridgehead atoms. The van der Waals surface area contributed by atoms with Gasteiger partial charge in [0.15, 0.2) is 0 Å². The highest BCUT2D eigenvalue weighted by Gasteiger charge is 2.05. The standard InChI is InChI=1S/C12H19N3O.C3H9N/c1-9(2)15-12(16)11-6-4-10(5-7-11)8-14-13-3;1-3(2)4/h4-7,9,13-14H,8H2,1-3H3,(H,15,16);3H,4H2,1-2H3. The highest BCUT2D eigenvalue weighted by molar-refractivity contribution is 5.94. The minimum atomic E-state index is -0.0249. The van der Waals surface area contributed by atoms with E-state index in [2.05, 4.69) is 16.2 Å². The van der Waals surface area contributed by atoms with Crippen LogP contribution in [0.25, 0.3) is 0 Å². The van der Waals surface area contributed by atoms with Crippen LogP contribution in [0, 0.1) is 0 Å². The third-order valence-electron chi connectivity index (χ3n) is 2.11. The summed E-state index contributed by atoms with van der Waals surface area (Å²) in [6, 6.07) is 8.06. The number of hydrazine groups is 1. The number of nitrogens with two attached hydrogens (primary N) is 1. The fourth-order valence-corrected chi connectivity index (χ4v) is 1.31. The van der Waals surface area contributed by atoms with E-state index in [1.165, 1.54) is 0 Å². The third-order valence-corrected chi connectivity index (χ3v) is 2.11. The predicted octanol–water partition coefficient (Wildman–Crippen LogP) is 1.40. The van der Waals surface area contributed by atoms with Gasteiger partial charge >= 0.3 is 0 Å². The second-order valence-corrected chi connectivity index (χ2v) is 5.17. The van der Waals surface area contributed by atoms with Crippen LogP contribution < -0.4 is 21.9 Å². The van der Waals surface area contributed by atoms with Gasteiger partial charge in [-0.15, -0.1) is 0 Å². The Morgan fingerprint density at radius 1 is 1.15 bits per heavy atom. The molecule has 0 saturated heterocycles. The molecule has 0 spiro atoms. The van der Waals surface area contributed by atoms with E-state index in [0.717, 1.165) is 12.1 Å². The third kappa shape index (κ3) is 9.49. The number of hydrogen-bond donors (Lipinski definition) is 4. The van der Waals surface area contributed by atoms with E-state index in [0.29, 0.717) is 11.6 Å². The van der Waals surface area contributed by atoms with Crippen molar-refractivity contribution in [3.05, 3.63) is 35.4 Å². The minimum absolute atomic E-state index is 0.0249. The lowest BCUT2D eigenvalue weighted by atomic mass is 10.1. The van der Waals surface area contributed by atoms with Crippen LogP contribution in [0.4, 0.5) is 0 Å². The molecular weight excluding hydrogens is 252 g/mol. The van der Waals surface area contributed by atoms with E-state index >= 15 is 0 Å². The summed E-state index contributed by atoms with van der Waals surface area (Å²) in [5.41, 5.74) is 12.8. The van der Waals surface area contributed by atoms with E-state index in [9.17, 15) is 4.79 Å². The van der Waals surface area contributed by atoms with Crippen LogP contribution in [0.3, 0.4) is 0 Å². The Morgan fingerprint density at radius 2 is 1.65 bits per heavy atom. The van der Waals surface area contributed by atoms with Crippen molar-refractivity contribution in [3.8, 4) is 0 Å². The van der Waals surface area contributed by atoms with Crippen molar-refractivity contribution in [2.24, 2.45) is 5.73 Å². The Labute approximate surface area is 122 Å². The molecule has 114 valence electrons. The molecular formula is C15H28N4O. The summed E-state index contributed by atoms with van der Waals surface area (Å²) in [7, 11) is 1.82. The molecule has 20 heavy (non-hydrogen) atoms. The molecule has 0 fully saturated rings. The Morgan fingerprint density at radius 3 is 2.05 bits per heavy atom. The molecule has 0 aliphatic carbocycles. The van der Waals surface area contributed by atoms with Gasteiger partial charge in [0, 0.05) is 18.2 Å². The highest BCUT2D eigenvalue weighted by atomic mass is 16.1. The molecule has 0 radical (unpaired) electrons. The normalized spacial score (nSPS) is 10.2. The van der Waals surface area contributed by atoms with Crippen LogP contribution >= 0.6 is 0 Å². The van der Waals surface area contributed by atoms with Gasteiger partial charge < -0.3 is 11.1 Å². The molecule has 0 aliphatic heterocycles. The Balaban J connectivity index is 0.000000796. The largest absolute Gasteiger partial charge is 0.350 e. The van der Waals surface area contributed by atoms with Gasteiger partial charge in [0.2, 0.25) is 0 Å². The number of nitrogens with one attached hydrogen (secondary N) is 3. The molecule has 0 heterocycles. The first-order valence-corrected chi connectivity index (χ1v) is 6.91. The van der Waals surface area contributed by atoms with Crippen LogP contribution in [-0.4, -0.2) is 25.0 Å². The van der Waals surface area contributed by atoms with Gasteiger partial charge in [0.05, 0.1) is 0 Å². The van der Waals surface area contributed by atoms with Crippen LogP contribution in [0.1, 0.15) is 43.6 Å². The lowest BCUT2D eigenvalue weighted by molar-refractivity contribution is 0.0943. The summed E-state index contributed by atoms with van der Waals surface area (Å²) < 4.78 is 0. The van der Waals surface area contributed by atoms with Gasteiger partial charge in [-0.25, -0.2) is 0 Å². The average molecular weight is 280 g/mol. The lowest BCUT2D eigenvalue weighted by Gasteiger charge is -2.09. The predicted molar refractivity (Wildman–Crippen MR) is 84.3 cm³/mol. The first-order chi connectivity index (χ1) is 9.36. The zero-order chi connectivity index (χ0) is 15.5. The van der Waals surface area contributed by atoms with Gasteiger partial charge in [-0.2, -0.15) is 0 Å². The summed E-state index contributed by atoms with van der Waals surface area (Å²) in [5.74, 6) is -0.0249. The van der Waals surface area contributed by atoms with Crippen molar-refractivity contribution in [2.75, 3.05) is 7.05 Å². The molecule has 5 N–H and O–H groups in total. The maximum Gasteiger partial charge on any atom is 0.251 e. The maximum atomic E-state index is 11.6. The second kappa shape index (κ2) is 10.4. The number of amides is 1. The number of hydrogen-bond acceptors (Lipinski definition) is 4. The summed E-state index contributed by atoms with van der Waals surface area (Å²) in [6.07, 6.45) is 0. The molecule has 1 aromatic rings. The molecule has 0 atom stereocenters. The van der Waals surface area contributed by atoms with Gasteiger partial charge in [0.1, 0.15) is 0 Å². The Bertz CT molecular complexity index is 371. The van der Waals surface area contributed by atoms with Gasteiger partial charge in [0.25, 0.3) is 5.91 Å². The molecule has 0 aromatic heterocycles. The maximum absolute atomic E-state index is 11.6. The average Bonchev–Trinajstić information content (AvgIpc) is 2.35. The molecule has 0 aliphatic rings. The Hall–Kier alpha value is -1.43. The molecule has 5 nitrogen and oxygen atoms in total. The van der Waals surface area contributed by atoms with Gasteiger partial charge in [-0.05, 0) is 44.6 Å². The SMILES string of the molecule is CC(C)N.CNNCc1ccc(C(=O)NC(C)C)cc1. The smallest absolute Gasteiger partial charge is 0.251 e. The van der Waals surface area contributed by atoms with Gasteiger partial charge in [-0.3, -0.25) is 15.6 Å². The molecule has 0 unspecified atom stereocenters. The van der Waals surface area contributed by atoms with Crippen LogP contribution in [-0.2, 0) is 6.54 Å². The van der Waals surface area contributed by atoms with Crippen LogP contribution in [0.2, 0.25) is 0 Å². The second-order valence-electron chi connectivity index (χ2n) is 5.17. The zero-order valence-corrected chi connectivity index (χ0v) is 13.2. The van der Waals surface area contributed by atoms with Crippen molar-refractivity contribution in [3.63, 3.8) is 0 Å². The number of rotatable bonds is 5. The molecule has 5 heteroatoms. The van der Waals surface area contributed by atoms with Crippen molar-refractivity contribution >= 4 is 5.91 Å². The fourth-order valence-electron chi connectivity index (χ4n) is 1.31. The summed E-state index contributed by atoms with van der Waals surface area (Å²) in [4.78, 5) is 11.6. The van der Waals surface area contributed by atoms with E-state index in [1.54, 1.807) is 0 Å². The summed E-state index contributed by atoms with van der Waals surface area (Å²) in [6.45, 7) is 8.52. The Kier molecular flexibility index (Phi) is 9.63. The molecule has 1 aromatic carbocycles. The van der Waals surface area contributed by atoms with Crippen LogP contribution in [0.15, 0.2) is 24.3 Å². The van der Waals surface area contributed by atoms with E-state index < -0.39 is 0 Å². The molecule has 1 amide bonds. The first kappa shape index (κ1) is 18.6. The topological polar surface area (TPSA) is 79.2 Å². The minimum Gasteiger partial charge on any atom is -0.350 e. The van der Waals surface area contributed by atoms with Gasteiger partial charge in [-0.1, -0.05) is 26.0 Å². The van der Waals surface area contributed by atoms with Crippen molar-refractivity contribution in [1.29, 1.82) is 0 Å². The molecule has 1 rings (SSSR count). The van der Waals surface area contributed by atoms with E-state index in [4.69, 9.17) is 5.73 Å². The number of carbonyl (C=O) groups excluding carboxylic acids is 1. The van der Waals surface area contributed by atoms with Crippen molar-refractivity contribution in [1.82, 2.24) is 16.2 Å². The van der Waals surface area contributed by atoms with Crippen LogP contribution in [0.5, 0.6) is 0 Å². The zero-order valence-electron chi connectivity index (χ0n) is 13.2. The van der Waals surface area contributed by atoms with E-state index in [1.807, 2.05) is 59.0 Å².